The molecule has 0 bridgehead atoms. The van der Waals surface area contributed by atoms with Gasteiger partial charge in [0.1, 0.15) is 4.75 Å². The van der Waals surface area contributed by atoms with Crippen molar-refractivity contribution in [3.05, 3.63) is 60.2 Å². The maximum absolute atomic E-state index is 13.2. The van der Waals surface area contributed by atoms with E-state index in [1.165, 1.54) is 4.31 Å². The first-order valence-electron chi connectivity index (χ1n) is 7.54. The second kappa shape index (κ2) is 5.65. The molecule has 118 valence electrons. The number of hydrogen-bond acceptors (Lipinski definition) is 3. The molecule has 3 atom stereocenters. The second-order valence-electron chi connectivity index (χ2n) is 6.12. The van der Waals surface area contributed by atoms with Crippen molar-refractivity contribution in [2.75, 3.05) is 13.1 Å². The maximum Gasteiger partial charge on any atom is 0.224 e. The van der Waals surface area contributed by atoms with Gasteiger partial charge >= 0.3 is 0 Å². The van der Waals surface area contributed by atoms with Gasteiger partial charge in [0.05, 0.1) is 6.10 Å². The smallest absolute Gasteiger partial charge is 0.224 e. The van der Waals surface area contributed by atoms with Gasteiger partial charge in [-0.25, -0.2) is 8.42 Å². The number of aliphatic hydroxyl groups excluding tert-OH is 1. The fourth-order valence-corrected chi connectivity index (χ4v) is 5.33. The summed E-state index contributed by atoms with van der Waals surface area (Å²) in [5, 5.41) is 9.69. The lowest BCUT2D eigenvalue weighted by Gasteiger charge is -2.37. The van der Waals surface area contributed by atoms with Gasteiger partial charge in [0.25, 0.3) is 0 Å². The number of benzene rings is 1. The highest BCUT2D eigenvalue weighted by Crippen LogP contribution is 2.41. The van der Waals surface area contributed by atoms with E-state index in [1.54, 1.807) is 19.1 Å². The molecular weight excluding hydrogens is 298 g/mol. The normalized spacial score (nSPS) is 32.5. The van der Waals surface area contributed by atoms with Crippen LogP contribution in [0.4, 0.5) is 0 Å². The largest absolute Gasteiger partial charge is 0.392 e. The van der Waals surface area contributed by atoms with Crippen LogP contribution in [0.25, 0.3) is 0 Å². The van der Waals surface area contributed by atoms with Crippen LogP contribution in [0.5, 0.6) is 0 Å². The highest BCUT2D eigenvalue weighted by molar-refractivity contribution is 7.90. The van der Waals surface area contributed by atoms with Crippen molar-refractivity contribution in [3.63, 3.8) is 0 Å². The lowest BCUT2D eigenvalue weighted by Crippen LogP contribution is -2.48. The van der Waals surface area contributed by atoms with E-state index in [0.717, 1.165) is 5.56 Å². The highest BCUT2D eigenvalue weighted by Gasteiger charge is 2.49. The first kappa shape index (κ1) is 15.5. The Morgan fingerprint density at radius 2 is 1.95 bits per heavy atom. The van der Waals surface area contributed by atoms with E-state index in [-0.39, 0.29) is 12.5 Å². The van der Waals surface area contributed by atoms with Gasteiger partial charge in [0, 0.05) is 19.0 Å². The molecule has 1 N–H and O–H groups in total. The van der Waals surface area contributed by atoms with E-state index in [0.29, 0.717) is 13.0 Å². The van der Waals surface area contributed by atoms with Crippen LogP contribution in [0, 0.1) is 0 Å². The van der Waals surface area contributed by atoms with Crippen LogP contribution in [-0.4, -0.2) is 41.8 Å². The minimum absolute atomic E-state index is 0.191. The van der Waals surface area contributed by atoms with Crippen LogP contribution in [0.15, 0.2) is 54.6 Å². The Balaban J connectivity index is 2.02. The zero-order chi connectivity index (χ0) is 15.8. The topological polar surface area (TPSA) is 57.6 Å². The predicted molar refractivity (Wildman–Crippen MR) is 87.0 cm³/mol. The summed E-state index contributed by atoms with van der Waals surface area (Å²) in [5.41, 5.74) is 0.980. The van der Waals surface area contributed by atoms with E-state index >= 15 is 0 Å². The van der Waals surface area contributed by atoms with E-state index < -0.39 is 20.9 Å². The van der Waals surface area contributed by atoms with Crippen molar-refractivity contribution in [1.29, 1.82) is 0 Å². The fourth-order valence-electron chi connectivity index (χ4n) is 3.27. The van der Waals surface area contributed by atoms with Crippen molar-refractivity contribution < 1.29 is 13.5 Å². The van der Waals surface area contributed by atoms with Crippen molar-refractivity contribution >= 4 is 10.0 Å². The zero-order valence-electron chi connectivity index (χ0n) is 12.6. The molecule has 4 nitrogen and oxygen atoms in total. The minimum Gasteiger partial charge on any atom is -0.392 e. The standard InChI is InChI=1S/C17H21NO3S/c1-17(22(20,21)18-12-10-15(19)13-18)11-6-5-9-16(17)14-7-3-2-4-8-14/h2-9,11,15-16,19H,10,12-13H2,1H3/t15-,16+,17?/m0/s1. The molecule has 1 aliphatic carbocycles. The van der Waals surface area contributed by atoms with Gasteiger partial charge in [0.15, 0.2) is 0 Å². The molecule has 2 aliphatic rings. The van der Waals surface area contributed by atoms with E-state index in [4.69, 9.17) is 0 Å². The minimum atomic E-state index is -3.56. The second-order valence-corrected chi connectivity index (χ2v) is 8.47. The highest BCUT2D eigenvalue weighted by atomic mass is 32.2. The molecule has 1 fully saturated rings. The number of nitrogens with zero attached hydrogens (tertiary/aromatic N) is 1. The van der Waals surface area contributed by atoms with Crippen LogP contribution < -0.4 is 0 Å². The molecule has 1 aliphatic heterocycles. The molecule has 1 saturated heterocycles. The number of sulfonamides is 1. The summed E-state index contributed by atoms with van der Waals surface area (Å²) >= 11 is 0. The average molecular weight is 319 g/mol. The fraction of sp³-hybridized carbons (Fsp3) is 0.412. The Kier molecular flexibility index (Phi) is 3.97. The molecule has 5 heteroatoms. The lowest BCUT2D eigenvalue weighted by atomic mass is 9.83. The Morgan fingerprint density at radius 1 is 1.23 bits per heavy atom. The molecule has 0 radical (unpaired) electrons. The Bertz CT molecular complexity index is 696. The first-order valence-corrected chi connectivity index (χ1v) is 8.98. The Labute approximate surface area is 131 Å². The molecule has 0 saturated carbocycles. The van der Waals surface area contributed by atoms with Gasteiger partial charge in [-0.15, -0.1) is 0 Å². The quantitative estimate of drug-likeness (QED) is 0.928. The third-order valence-electron chi connectivity index (χ3n) is 4.64. The van der Waals surface area contributed by atoms with Crippen LogP contribution in [0.2, 0.25) is 0 Å². The summed E-state index contributed by atoms with van der Waals surface area (Å²) in [6.45, 7) is 2.35. The number of rotatable bonds is 3. The van der Waals surface area contributed by atoms with E-state index in [9.17, 15) is 13.5 Å². The Morgan fingerprint density at radius 3 is 2.59 bits per heavy atom. The monoisotopic (exact) mass is 319 g/mol. The van der Waals surface area contributed by atoms with Gasteiger partial charge in [-0.3, -0.25) is 0 Å². The number of hydrogen-bond donors (Lipinski definition) is 1. The molecule has 1 heterocycles. The molecule has 1 aromatic rings. The summed E-state index contributed by atoms with van der Waals surface area (Å²) in [6.07, 6.45) is 7.35. The number of allylic oxidation sites excluding steroid dienone is 3. The summed E-state index contributed by atoms with van der Waals surface area (Å²) < 4.78 is 26.7. The van der Waals surface area contributed by atoms with Gasteiger partial charge in [-0.05, 0) is 18.9 Å². The summed E-state index contributed by atoms with van der Waals surface area (Å²) in [6, 6.07) is 9.69. The molecule has 0 aromatic heterocycles. The Hall–Kier alpha value is -1.43. The van der Waals surface area contributed by atoms with Gasteiger partial charge < -0.3 is 5.11 Å². The van der Waals surface area contributed by atoms with Crippen LogP contribution in [0.1, 0.15) is 24.8 Å². The summed E-state index contributed by atoms with van der Waals surface area (Å²) in [4.78, 5) is 0. The van der Waals surface area contributed by atoms with Crippen LogP contribution in [-0.2, 0) is 10.0 Å². The lowest BCUT2D eigenvalue weighted by molar-refractivity contribution is 0.189. The molecule has 1 unspecified atom stereocenters. The summed E-state index contributed by atoms with van der Waals surface area (Å²) in [7, 11) is -3.56. The molecular formula is C17H21NO3S. The van der Waals surface area contributed by atoms with Crippen LogP contribution in [0.3, 0.4) is 0 Å². The van der Waals surface area contributed by atoms with Gasteiger partial charge in [0.2, 0.25) is 10.0 Å². The van der Waals surface area contributed by atoms with Gasteiger partial charge in [-0.1, -0.05) is 54.6 Å². The zero-order valence-corrected chi connectivity index (χ0v) is 13.4. The van der Waals surface area contributed by atoms with Crippen molar-refractivity contribution in [1.82, 2.24) is 4.31 Å². The SMILES string of the molecule is CC1(S(=O)(=O)N2CC[C@H](O)C2)C=CC=C[C@@H]1c1ccccc1. The van der Waals surface area contributed by atoms with E-state index in [1.807, 2.05) is 42.5 Å². The molecule has 1 aromatic carbocycles. The van der Waals surface area contributed by atoms with Crippen molar-refractivity contribution in [2.45, 2.75) is 30.1 Å². The molecule has 3 rings (SSSR count). The average Bonchev–Trinajstić information content (AvgIpc) is 2.96. The maximum atomic E-state index is 13.2. The molecule has 0 amide bonds. The number of aliphatic hydroxyl groups is 1. The first-order chi connectivity index (χ1) is 10.4. The van der Waals surface area contributed by atoms with Crippen LogP contribution >= 0.6 is 0 Å². The van der Waals surface area contributed by atoms with Crippen molar-refractivity contribution in [2.24, 2.45) is 0 Å². The van der Waals surface area contributed by atoms with Gasteiger partial charge in [-0.2, -0.15) is 4.31 Å². The number of β-amino-alcohol motifs (C(OH)–C–C–N with tert-alkyl or cyclic N) is 1. The predicted octanol–water partition coefficient (Wildman–Crippen LogP) is 2.05. The molecule has 0 spiro atoms. The van der Waals surface area contributed by atoms with Crippen molar-refractivity contribution in [3.8, 4) is 0 Å². The summed E-state index contributed by atoms with van der Waals surface area (Å²) in [5.74, 6) is -0.235. The van der Waals surface area contributed by atoms with E-state index in [2.05, 4.69) is 0 Å². The third-order valence-corrected chi connectivity index (χ3v) is 7.15. The molecule has 22 heavy (non-hydrogen) atoms. The third kappa shape index (κ3) is 2.43.